The second-order valence-electron chi connectivity index (χ2n) is 8.24. The average molecular weight is 479 g/mol. The highest BCUT2D eigenvalue weighted by atomic mass is 32.2. The number of thioether (sulfide) groups is 1. The predicted molar refractivity (Wildman–Crippen MR) is 132 cm³/mol. The van der Waals surface area contributed by atoms with Gasteiger partial charge in [-0.15, -0.1) is 0 Å². The van der Waals surface area contributed by atoms with Crippen LogP contribution in [0.3, 0.4) is 0 Å². The van der Waals surface area contributed by atoms with Crippen molar-refractivity contribution in [3.63, 3.8) is 0 Å². The third-order valence-electron chi connectivity index (χ3n) is 5.60. The summed E-state index contributed by atoms with van der Waals surface area (Å²) in [5.41, 5.74) is 1.66. The van der Waals surface area contributed by atoms with E-state index in [1.165, 1.54) is 18.7 Å². The van der Waals surface area contributed by atoms with E-state index < -0.39 is 23.7 Å². The minimum absolute atomic E-state index is 0.266. The molecule has 1 fully saturated rings. The molecule has 4 rings (SSSR count). The minimum atomic E-state index is -0.636. The Morgan fingerprint density at radius 3 is 1.79 bits per heavy atom. The summed E-state index contributed by atoms with van der Waals surface area (Å²) in [6, 6.07) is 29.9. The lowest BCUT2D eigenvalue weighted by Crippen LogP contribution is -2.58. The van der Waals surface area contributed by atoms with Crippen LogP contribution in [0.25, 0.3) is 0 Å². The van der Waals surface area contributed by atoms with Crippen molar-refractivity contribution in [1.29, 1.82) is 0 Å². The van der Waals surface area contributed by atoms with Crippen molar-refractivity contribution in [1.82, 2.24) is 0 Å². The standard InChI is InChI=1S/C28H30O5S/c1-20-25(30-18-22-12-6-3-7-13-22)26(31-19-23-14-8-4-9-15-23)27(33-21(2)29)28(32-20)34-24-16-10-5-11-17-24/h3-17,20,25-28H,18-19H2,1-2H3. The lowest BCUT2D eigenvalue weighted by atomic mass is 9.99. The molecule has 3 aromatic carbocycles. The fourth-order valence-electron chi connectivity index (χ4n) is 3.97. The summed E-state index contributed by atoms with van der Waals surface area (Å²) >= 11 is 1.53. The summed E-state index contributed by atoms with van der Waals surface area (Å²) in [7, 11) is 0. The van der Waals surface area contributed by atoms with Gasteiger partial charge in [0.25, 0.3) is 0 Å². The number of hydrogen-bond donors (Lipinski definition) is 0. The van der Waals surface area contributed by atoms with Gasteiger partial charge in [-0.3, -0.25) is 4.79 Å². The van der Waals surface area contributed by atoms with Gasteiger partial charge < -0.3 is 18.9 Å². The molecule has 0 N–H and O–H groups in total. The maximum Gasteiger partial charge on any atom is 0.303 e. The molecule has 1 aliphatic rings. The molecule has 6 heteroatoms. The third kappa shape index (κ3) is 6.70. The van der Waals surface area contributed by atoms with Gasteiger partial charge in [-0.25, -0.2) is 0 Å². The molecule has 3 aromatic rings. The molecular formula is C28H30O5S. The summed E-state index contributed by atoms with van der Waals surface area (Å²) < 4.78 is 25.0. The molecule has 0 bridgehead atoms. The zero-order valence-electron chi connectivity index (χ0n) is 19.4. The van der Waals surface area contributed by atoms with Crippen molar-refractivity contribution in [3.05, 3.63) is 102 Å². The maximum absolute atomic E-state index is 12.1. The molecule has 5 unspecified atom stereocenters. The van der Waals surface area contributed by atoms with Crippen LogP contribution in [0.1, 0.15) is 25.0 Å². The Labute approximate surface area is 205 Å². The fraction of sp³-hybridized carbons (Fsp3) is 0.321. The summed E-state index contributed by atoms with van der Waals surface area (Å²) in [4.78, 5) is 13.1. The average Bonchev–Trinajstić information content (AvgIpc) is 2.85. The first-order valence-electron chi connectivity index (χ1n) is 11.5. The molecule has 1 heterocycles. The zero-order chi connectivity index (χ0) is 23.8. The molecule has 0 radical (unpaired) electrons. The lowest BCUT2D eigenvalue weighted by Gasteiger charge is -2.44. The van der Waals surface area contributed by atoms with E-state index in [2.05, 4.69) is 0 Å². The van der Waals surface area contributed by atoms with Crippen LogP contribution in [-0.4, -0.2) is 35.8 Å². The van der Waals surface area contributed by atoms with Crippen LogP contribution in [0.2, 0.25) is 0 Å². The van der Waals surface area contributed by atoms with Gasteiger partial charge in [-0.1, -0.05) is 90.6 Å². The maximum atomic E-state index is 12.1. The summed E-state index contributed by atoms with van der Waals surface area (Å²) in [6.07, 6.45) is -1.82. The fourth-order valence-corrected chi connectivity index (χ4v) is 5.13. The Bertz CT molecular complexity index is 1010. The van der Waals surface area contributed by atoms with E-state index in [9.17, 15) is 4.79 Å². The van der Waals surface area contributed by atoms with Gasteiger partial charge in [0.1, 0.15) is 17.6 Å². The molecule has 0 amide bonds. The van der Waals surface area contributed by atoms with E-state index >= 15 is 0 Å². The first-order valence-corrected chi connectivity index (χ1v) is 12.3. The van der Waals surface area contributed by atoms with Crippen molar-refractivity contribution in [2.45, 2.75) is 61.8 Å². The number of carbonyl (C=O) groups excluding carboxylic acids is 1. The smallest absolute Gasteiger partial charge is 0.303 e. The molecular weight excluding hydrogens is 448 g/mol. The van der Waals surface area contributed by atoms with Crippen LogP contribution in [-0.2, 0) is 37.0 Å². The van der Waals surface area contributed by atoms with Crippen LogP contribution < -0.4 is 0 Å². The Morgan fingerprint density at radius 2 is 1.26 bits per heavy atom. The van der Waals surface area contributed by atoms with Gasteiger partial charge in [-0.05, 0) is 30.2 Å². The quantitative estimate of drug-likeness (QED) is 0.372. The van der Waals surface area contributed by atoms with Crippen molar-refractivity contribution >= 4 is 17.7 Å². The summed E-state index contributed by atoms with van der Waals surface area (Å²) in [5.74, 6) is -0.378. The predicted octanol–water partition coefficient (Wildman–Crippen LogP) is 5.63. The molecule has 5 nitrogen and oxygen atoms in total. The minimum Gasteiger partial charge on any atom is -0.456 e. The van der Waals surface area contributed by atoms with Crippen molar-refractivity contribution < 1.29 is 23.7 Å². The number of ether oxygens (including phenoxy) is 4. The molecule has 0 aliphatic carbocycles. The van der Waals surface area contributed by atoms with Gasteiger partial charge in [0.2, 0.25) is 0 Å². The zero-order valence-corrected chi connectivity index (χ0v) is 20.2. The Morgan fingerprint density at radius 1 is 0.765 bits per heavy atom. The van der Waals surface area contributed by atoms with Gasteiger partial charge in [0.15, 0.2) is 6.10 Å². The van der Waals surface area contributed by atoms with E-state index in [1.54, 1.807) is 0 Å². The second kappa shape index (κ2) is 12.2. The van der Waals surface area contributed by atoms with E-state index in [4.69, 9.17) is 18.9 Å². The largest absolute Gasteiger partial charge is 0.456 e. The van der Waals surface area contributed by atoms with E-state index in [0.29, 0.717) is 13.2 Å². The third-order valence-corrected chi connectivity index (χ3v) is 6.75. The molecule has 5 atom stereocenters. The van der Waals surface area contributed by atoms with Crippen LogP contribution in [0, 0.1) is 0 Å². The molecule has 0 spiro atoms. The van der Waals surface area contributed by atoms with Crippen LogP contribution in [0.15, 0.2) is 95.9 Å². The Hall–Kier alpha value is -2.64. The highest BCUT2D eigenvalue weighted by molar-refractivity contribution is 7.99. The first-order chi connectivity index (χ1) is 16.6. The lowest BCUT2D eigenvalue weighted by molar-refractivity contribution is -0.237. The second-order valence-corrected chi connectivity index (χ2v) is 9.41. The SMILES string of the molecule is CC(=O)OC1C(Sc2ccccc2)OC(C)C(OCc2ccccc2)C1OCc1ccccc1. The van der Waals surface area contributed by atoms with Crippen molar-refractivity contribution in [3.8, 4) is 0 Å². The highest BCUT2D eigenvalue weighted by Crippen LogP contribution is 2.37. The number of esters is 1. The highest BCUT2D eigenvalue weighted by Gasteiger charge is 2.48. The van der Waals surface area contributed by atoms with E-state index in [-0.39, 0.29) is 12.1 Å². The van der Waals surface area contributed by atoms with Crippen LogP contribution >= 0.6 is 11.8 Å². The number of rotatable bonds is 9. The molecule has 34 heavy (non-hydrogen) atoms. The van der Waals surface area contributed by atoms with Gasteiger partial charge in [-0.2, -0.15) is 0 Å². The monoisotopic (exact) mass is 478 g/mol. The van der Waals surface area contributed by atoms with E-state index in [0.717, 1.165) is 16.0 Å². The normalized spacial score (nSPS) is 24.5. The van der Waals surface area contributed by atoms with Gasteiger partial charge in [0.05, 0.1) is 19.3 Å². The number of hydrogen-bond acceptors (Lipinski definition) is 6. The van der Waals surface area contributed by atoms with Crippen LogP contribution in [0.4, 0.5) is 0 Å². The number of benzene rings is 3. The summed E-state index contributed by atoms with van der Waals surface area (Å²) in [5, 5.41) is 0. The first kappa shape index (κ1) is 24.5. The molecule has 0 aromatic heterocycles. The van der Waals surface area contributed by atoms with Crippen molar-refractivity contribution in [2.24, 2.45) is 0 Å². The van der Waals surface area contributed by atoms with Gasteiger partial charge in [0, 0.05) is 11.8 Å². The topological polar surface area (TPSA) is 54.0 Å². The van der Waals surface area contributed by atoms with E-state index in [1.807, 2.05) is 97.9 Å². The molecule has 0 saturated carbocycles. The Kier molecular flexibility index (Phi) is 8.77. The molecule has 1 aliphatic heterocycles. The van der Waals surface area contributed by atoms with Crippen molar-refractivity contribution in [2.75, 3.05) is 0 Å². The molecule has 178 valence electrons. The number of carbonyl (C=O) groups is 1. The Balaban J connectivity index is 1.58. The summed E-state index contributed by atoms with van der Waals surface area (Å²) in [6.45, 7) is 4.19. The van der Waals surface area contributed by atoms with Crippen LogP contribution in [0.5, 0.6) is 0 Å². The van der Waals surface area contributed by atoms with Gasteiger partial charge >= 0.3 is 5.97 Å². The molecule has 1 saturated heterocycles.